The molecule has 0 radical (unpaired) electrons. The molecule has 0 saturated heterocycles. The summed E-state index contributed by atoms with van der Waals surface area (Å²) in [5.41, 5.74) is 6.31. The number of hydrazine groups is 1. The third-order valence-electron chi connectivity index (χ3n) is 3.75. The summed E-state index contributed by atoms with van der Waals surface area (Å²) in [6.45, 7) is 2.43. The maximum atomic E-state index is 13.8. The van der Waals surface area contributed by atoms with Crippen LogP contribution < -0.4 is 16.0 Å². The quantitative estimate of drug-likeness (QED) is 0.667. The van der Waals surface area contributed by atoms with Crippen LogP contribution in [0.3, 0.4) is 0 Å². The second-order valence-corrected chi connectivity index (χ2v) is 5.04. The largest absolute Gasteiger partial charge is 0.493 e. The van der Waals surface area contributed by atoms with E-state index in [1.807, 2.05) is 18.2 Å². The SMILES string of the molecule is Cc1ccc(C(NN)c2cccc3c2OCC3)cc1F. The zero-order chi connectivity index (χ0) is 14.1. The lowest BCUT2D eigenvalue weighted by molar-refractivity contribution is 0.350. The summed E-state index contributed by atoms with van der Waals surface area (Å²) < 4.78 is 19.5. The van der Waals surface area contributed by atoms with Gasteiger partial charge in [-0.1, -0.05) is 30.3 Å². The molecule has 3 rings (SSSR count). The Balaban J connectivity index is 2.06. The maximum absolute atomic E-state index is 13.8. The zero-order valence-electron chi connectivity index (χ0n) is 11.3. The summed E-state index contributed by atoms with van der Waals surface area (Å²) in [6.07, 6.45) is 0.905. The highest BCUT2D eigenvalue weighted by Crippen LogP contribution is 2.36. The number of rotatable bonds is 3. The molecule has 1 aliphatic heterocycles. The normalized spacial score (nSPS) is 14.8. The lowest BCUT2D eigenvalue weighted by Crippen LogP contribution is -2.29. The number of para-hydroxylation sites is 1. The Morgan fingerprint density at radius 1 is 1.30 bits per heavy atom. The molecule has 20 heavy (non-hydrogen) atoms. The van der Waals surface area contributed by atoms with Crippen LogP contribution >= 0.6 is 0 Å². The summed E-state index contributed by atoms with van der Waals surface area (Å²) in [4.78, 5) is 0. The molecule has 0 amide bonds. The molecule has 0 spiro atoms. The molecule has 0 aromatic heterocycles. The van der Waals surface area contributed by atoms with Crippen molar-refractivity contribution in [1.29, 1.82) is 0 Å². The first kappa shape index (κ1) is 13.1. The topological polar surface area (TPSA) is 47.3 Å². The molecule has 1 heterocycles. The average molecular weight is 272 g/mol. The van der Waals surface area contributed by atoms with E-state index < -0.39 is 0 Å². The Morgan fingerprint density at radius 3 is 2.90 bits per heavy atom. The fraction of sp³-hybridized carbons (Fsp3) is 0.250. The predicted octanol–water partition coefficient (Wildman–Crippen LogP) is 2.62. The minimum absolute atomic E-state index is 0.226. The summed E-state index contributed by atoms with van der Waals surface area (Å²) in [7, 11) is 0. The molecule has 4 heteroatoms. The predicted molar refractivity (Wildman–Crippen MR) is 75.9 cm³/mol. The first-order chi connectivity index (χ1) is 9.70. The number of ether oxygens (including phenoxy) is 1. The van der Waals surface area contributed by atoms with E-state index in [0.717, 1.165) is 23.3 Å². The van der Waals surface area contributed by atoms with Crippen LogP contribution in [0, 0.1) is 12.7 Å². The molecule has 0 saturated carbocycles. The third-order valence-corrected chi connectivity index (χ3v) is 3.75. The van der Waals surface area contributed by atoms with Crippen molar-refractivity contribution in [3.05, 3.63) is 64.5 Å². The molecular formula is C16H17FN2O. The van der Waals surface area contributed by atoms with Crippen LogP contribution in [0.25, 0.3) is 0 Å². The number of aryl methyl sites for hydroxylation is 1. The molecule has 1 atom stereocenters. The van der Waals surface area contributed by atoms with E-state index in [1.165, 1.54) is 11.6 Å². The second-order valence-electron chi connectivity index (χ2n) is 5.04. The molecule has 0 bridgehead atoms. The Morgan fingerprint density at radius 2 is 2.15 bits per heavy atom. The number of hydrogen-bond donors (Lipinski definition) is 2. The van der Waals surface area contributed by atoms with Crippen LogP contribution in [0.2, 0.25) is 0 Å². The van der Waals surface area contributed by atoms with E-state index in [4.69, 9.17) is 10.6 Å². The van der Waals surface area contributed by atoms with Gasteiger partial charge in [0.25, 0.3) is 0 Å². The zero-order valence-corrected chi connectivity index (χ0v) is 11.3. The van der Waals surface area contributed by atoms with Crippen molar-refractivity contribution >= 4 is 0 Å². The Kier molecular flexibility index (Phi) is 3.42. The highest BCUT2D eigenvalue weighted by molar-refractivity contribution is 5.48. The van der Waals surface area contributed by atoms with Crippen molar-refractivity contribution in [1.82, 2.24) is 5.43 Å². The van der Waals surface area contributed by atoms with Gasteiger partial charge in [0.1, 0.15) is 11.6 Å². The smallest absolute Gasteiger partial charge is 0.127 e. The van der Waals surface area contributed by atoms with Crippen molar-refractivity contribution in [2.45, 2.75) is 19.4 Å². The Labute approximate surface area is 117 Å². The highest BCUT2D eigenvalue weighted by Gasteiger charge is 2.23. The summed E-state index contributed by atoms with van der Waals surface area (Å²) in [5.74, 6) is 6.34. The fourth-order valence-corrected chi connectivity index (χ4v) is 2.62. The van der Waals surface area contributed by atoms with Crippen LogP contribution in [0.15, 0.2) is 36.4 Å². The second kappa shape index (κ2) is 5.23. The third kappa shape index (κ3) is 2.17. The molecule has 1 aliphatic rings. The maximum Gasteiger partial charge on any atom is 0.127 e. The lowest BCUT2D eigenvalue weighted by Gasteiger charge is -2.20. The molecular weight excluding hydrogens is 255 g/mol. The lowest BCUT2D eigenvalue weighted by atomic mass is 9.95. The minimum Gasteiger partial charge on any atom is -0.493 e. The molecule has 3 N–H and O–H groups in total. The Bertz CT molecular complexity index is 642. The fourth-order valence-electron chi connectivity index (χ4n) is 2.62. The Hall–Kier alpha value is -1.91. The van der Waals surface area contributed by atoms with Gasteiger partial charge >= 0.3 is 0 Å². The molecule has 0 aliphatic carbocycles. The molecule has 104 valence electrons. The first-order valence-electron chi connectivity index (χ1n) is 6.67. The monoisotopic (exact) mass is 272 g/mol. The van der Waals surface area contributed by atoms with Crippen molar-refractivity contribution < 1.29 is 9.13 Å². The van der Waals surface area contributed by atoms with E-state index in [9.17, 15) is 4.39 Å². The van der Waals surface area contributed by atoms with Gasteiger partial charge in [-0.15, -0.1) is 0 Å². The van der Waals surface area contributed by atoms with Crippen LogP contribution in [-0.4, -0.2) is 6.61 Å². The van der Waals surface area contributed by atoms with Gasteiger partial charge < -0.3 is 4.74 Å². The van der Waals surface area contributed by atoms with Gasteiger partial charge in [-0.05, 0) is 29.7 Å². The van der Waals surface area contributed by atoms with E-state index >= 15 is 0 Å². The van der Waals surface area contributed by atoms with Crippen molar-refractivity contribution in [2.24, 2.45) is 5.84 Å². The van der Waals surface area contributed by atoms with E-state index in [1.54, 1.807) is 13.0 Å². The van der Waals surface area contributed by atoms with E-state index in [2.05, 4.69) is 11.5 Å². The van der Waals surface area contributed by atoms with Gasteiger partial charge in [0.15, 0.2) is 0 Å². The molecule has 3 nitrogen and oxygen atoms in total. The summed E-state index contributed by atoms with van der Waals surface area (Å²) in [5, 5.41) is 0. The summed E-state index contributed by atoms with van der Waals surface area (Å²) in [6, 6.07) is 10.9. The van der Waals surface area contributed by atoms with Crippen LogP contribution in [-0.2, 0) is 6.42 Å². The van der Waals surface area contributed by atoms with Gasteiger partial charge in [0, 0.05) is 12.0 Å². The number of nitrogens with two attached hydrogens (primary N) is 1. The average Bonchev–Trinajstić information content (AvgIpc) is 2.93. The highest BCUT2D eigenvalue weighted by atomic mass is 19.1. The van der Waals surface area contributed by atoms with Gasteiger partial charge in [-0.25, -0.2) is 9.82 Å². The van der Waals surface area contributed by atoms with Crippen LogP contribution in [0.1, 0.15) is 28.3 Å². The van der Waals surface area contributed by atoms with Crippen molar-refractivity contribution in [2.75, 3.05) is 6.61 Å². The van der Waals surface area contributed by atoms with Gasteiger partial charge in [-0.2, -0.15) is 0 Å². The number of fused-ring (bicyclic) bond motifs is 1. The van der Waals surface area contributed by atoms with E-state index in [-0.39, 0.29) is 11.9 Å². The standard InChI is InChI=1S/C16H17FN2O/c1-10-5-6-12(9-14(10)17)15(19-18)13-4-2-3-11-7-8-20-16(11)13/h2-6,9,15,19H,7-8,18H2,1H3. The number of benzene rings is 2. The summed E-state index contributed by atoms with van der Waals surface area (Å²) >= 11 is 0. The molecule has 0 fully saturated rings. The van der Waals surface area contributed by atoms with E-state index in [0.29, 0.717) is 12.2 Å². The number of hydrogen-bond acceptors (Lipinski definition) is 3. The number of halogens is 1. The van der Waals surface area contributed by atoms with Gasteiger partial charge in [0.2, 0.25) is 0 Å². The van der Waals surface area contributed by atoms with Crippen LogP contribution in [0.4, 0.5) is 4.39 Å². The molecule has 2 aromatic rings. The molecule has 2 aromatic carbocycles. The van der Waals surface area contributed by atoms with Gasteiger partial charge in [-0.3, -0.25) is 5.84 Å². The first-order valence-corrected chi connectivity index (χ1v) is 6.67. The van der Waals surface area contributed by atoms with Crippen molar-refractivity contribution in [3.8, 4) is 5.75 Å². The van der Waals surface area contributed by atoms with Crippen LogP contribution in [0.5, 0.6) is 5.75 Å². The van der Waals surface area contributed by atoms with Crippen molar-refractivity contribution in [3.63, 3.8) is 0 Å². The minimum atomic E-state index is -0.279. The van der Waals surface area contributed by atoms with Gasteiger partial charge in [0.05, 0.1) is 12.6 Å². The number of nitrogens with one attached hydrogen (secondary N) is 1. The molecule has 1 unspecified atom stereocenters.